The third kappa shape index (κ3) is 3.39. The molecule has 2 atom stereocenters. The fourth-order valence-electron chi connectivity index (χ4n) is 3.85. The Balaban J connectivity index is 1.73. The summed E-state index contributed by atoms with van der Waals surface area (Å²) in [7, 11) is 1.25. The van der Waals surface area contributed by atoms with E-state index in [9.17, 15) is 19.2 Å². The maximum Gasteiger partial charge on any atom is 0.339 e. The Hall–Kier alpha value is -2.90. The van der Waals surface area contributed by atoms with Gasteiger partial charge in [-0.1, -0.05) is 31.9 Å². The number of ether oxygens (including phenoxy) is 1. The van der Waals surface area contributed by atoms with Gasteiger partial charge in [0.15, 0.2) is 0 Å². The number of hydrogen-bond acceptors (Lipinski definition) is 5. The third-order valence-electron chi connectivity index (χ3n) is 5.41. The van der Waals surface area contributed by atoms with Crippen LogP contribution in [0.3, 0.4) is 0 Å². The summed E-state index contributed by atoms with van der Waals surface area (Å²) in [5.74, 6) is -1.47. The minimum absolute atomic E-state index is 0.0239. The number of hydrogen-bond donors (Lipinski definition) is 2. The highest BCUT2D eigenvalue weighted by Gasteiger charge is 2.55. The van der Waals surface area contributed by atoms with Crippen molar-refractivity contribution in [3.8, 4) is 0 Å². The molecule has 1 aliphatic heterocycles. The van der Waals surface area contributed by atoms with Gasteiger partial charge in [-0.05, 0) is 30.9 Å². The second-order valence-corrected chi connectivity index (χ2v) is 7.02. The van der Waals surface area contributed by atoms with Crippen molar-refractivity contribution in [3.63, 3.8) is 0 Å². The summed E-state index contributed by atoms with van der Waals surface area (Å²) in [4.78, 5) is 50.4. The highest BCUT2D eigenvalue weighted by molar-refractivity contribution is 6.11. The van der Waals surface area contributed by atoms with Crippen LogP contribution < -0.4 is 10.6 Å². The number of esters is 1. The molecule has 27 heavy (non-hydrogen) atoms. The molecule has 8 nitrogen and oxygen atoms in total. The molecule has 2 fully saturated rings. The zero-order valence-electron chi connectivity index (χ0n) is 15.4. The number of nitrogens with one attached hydrogen (secondary N) is 2. The van der Waals surface area contributed by atoms with E-state index in [1.807, 2.05) is 6.92 Å². The number of amides is 4. The van der Waals surface area contributed by atoms with Gasteiger partial charge in [-0.15, -0.1) is 0 Å². The molecule has 0 aromatic heterocycles. The zero-order chi connectivity index (χ0) is 19.6. The molecule has 144 valence electrons. The largest absolute Gasteiger partial charge is 0.465 e. The number of carbonyl (C=O) groups is 4. The molecule has 2 aliphatic rings. The van der Waals surface area contributed by atoms with Crippen LogP contribution in [-0.2, 0) is 14.3 Å². The SMILES string of the molecule is COC(=O)c1ccccc1NC(=O)CN1C(=O)N[C@]2(CCCC[C@@H]2C)C1=O. The Morgan fingerprint density at radius 1 is 1.30 bits per heavy atom. The van der Waals surface area contributed by atoms with Crippen molar-refractivity contribution >= 4 is 29.5 Å². The van der Waals surface area contributed by atoms with Crippen LogP contribution in [0.1, 0.15) is 43.0 Å². The van der Waals surface area contributed by atoms with E-state index in [2.05, 4.69) is 10.6 Å². The number of nitrogens with zero attached hydrogens (tertiary/aromatic N) is 1. The van der Waals surface area contributed by atoms with Gasteiger partial charge in [-0.3, -0.25) is 14.5 Å². The van der Waals surface area contributed by atoms with Gasteiger partial charge in [0.1, 0.15) is 12.1 Å². The van der Waals surface area contributed by atoms with Crippen molar-refractivity contribution in [2.75, 3.05) is 19.0 Å². The summed E-state index contributed by atoms with van der Waals surface area (Å²) in [6.45, 7) is 1.54. The molecular formula is C19H23N3O5. The van der Waals surface area contributed by atoms with E-state index in [-0.39, 0.29) is 23.1 Å². The molecule has 1 aliphatic carbocycles. The maximum absolute atomic E-state index is 12.9. The van der Waals surface area contributed by atoms with E-state index in [0.29, 0.717) is 6.42 Å². The topological polar surface area (TPSA) is 105 Å². The van der Waals surface area contributed by atoms with Crippen molar-refractivity contribution in [1.29, 1.82) is 0 Å². The number of carbonyl (C=O) groups excluding carboxylic acids is 4. The Morgan fingerprint density at radius 3 is 2.74 bits per heavy atom. The monoisotopic (exact) mass is 373 g/mol. The molecule has 4 amide bonds. The molecular weight excluding hydrogens is 350 g/mol. The summed E-state index contributed by atoms with van der Waals surface area (Å²) in [6.07, 6.45) is 3.33. The molecule has 1 heterocycles. The van der Waals surface area contributed by atoms with Gasteiger partial charge < -0.3 is 15.4 Å². The molecule has 1 aromatic carbocycles. The molecule has 1 aromatic rings. The van der Waals surface area contributed by atoms with Gasteiger partial charge in [-0.25, -0.2) is 9.59 Å². The lowest BCUT2D eigenvalue weighted by molar-refractivity contribution is -0.136. The Bertz CT molecular complexity index is 793. The summed E-state index contributed by atoms with van der Waals surface area (Å²) >= 11 is 0. The standard InChI is InChI=1S/C19H23N3O5/c1-12-7-5-6-10-19(12)17(25)22(18(26)21-19)11-15(23)20-14-9-4-3-8-13(14)16(24)27-2/h3-4,8-9,12H,5-7,10-11H2,1-2H3,(H,20,23)(H,21,26)/t12-,19-/m0/s1. The van der Waals surface area contributed by atoms with Crippen molar-refractivity contribution in [1.82, 2.24) is 10.2 Å². The number of anilines is 1. The first kappa shape index (κ1) is 18.9. The quantitative estimate of drug-likeness (QED) is 0.620. The highest BCUT2D eigenvalue weighted by atomic mass is 16.5. The highest BCUT2D eigenvalue weighted by Crippen LogP contribution is 2.38. The fourth-order valence-corrected chi connectivity index (χ4v) is 3.85. The van der Waals surface area contributed by atoms with Gasteiger partial charge in [0.25, 0.3) is 5.91 Å². The predicted octanol–water partition coefficient (Wildman–Crippen LogP) is 1.91. The number of benzene rings is 1. The minimum Gasteiger partial charge on any atom is -0.465 e. The van der Waals surface area contributed by atoms with E-state index < -0.39 is 30.0 Å². The Kier molecular flexibility index (Phi) is 5.16. The molecule has 0 bridgehead atoms. The smallest absolute Gasteiger partial charge is 0.339 e. The van der Waals surface area contributed by atoms with Crippen LogP contribution in [-0.4, -0.2) is 47.9 Å². The van der Waals surface area contributed by atoms with Crippen LogP contribution in [0.5, 0.6) is 0 Å². The molecule has 8 heteroatoms. The molecule has 3 rings (SSSR count). The second-order valence-electron chi connectivity index (χ2n) is 7.02. The van der Waals surface area contributed by atoms with Crippen LogP contribution in [0.15, 0.2) is 24.3 Å². The third-order valence-corrected chi connectivity index (χ3v) is 5.41. The molecule has 2 N–H and O–H groups in total. The first-order valence-corrected chi connectivity index (χ1v) is 9.00. The van der Waals surface area contributed by atoms with Crippen LogP contribution >= 0.6 is 0 Å². The van der Waals surface area contributed by atoms with Gasteiger partial charge in [0, 0.05) is 0 Å². The lowest BCUT2D eigenvalue weighted by atomic mass is 9.73. The molecule has 0 unspecified atom stereocenters. The predicted molar refractivity (Wildman–Crippen MR) is 97.0 cm³/mol. The molecule has 1 spiro atoms. The summed E-state index contributed by atoms with van der Waals surface area (Å²) < 4.78 is 4.69. The number of urea groups is 1. The van der Waals surface area contributed by atoms with Gasteiger partial charge in [0.05, 0.1) is 18.4 Å². The van der Waals surface area contributed by atoms with Crippen molar-refractivity contribution in [2.24, 2.45) is 5.92 Å². The van der Waals surface area contributed by atoms with Crippen molar-refractivity contribution < 1.29 is 23.9 Å². The molecule has 1 saturated heterocycles. The van der Waals surface area contributed by atoms with Gasteiger partial charge in [-0.2, -0.15) is 0 Å². The fraction of sp³-hybridized carbons (Fsp3) is 0.474. The summed E-state index contributed by atoms with van der Waals surface area (Å²) in [5.41, 5.74) is -0.440. The average Bonchev–Trinajstić information content (AvgIpc) is 2.89. The lowest BCUT2D eigenvalue weighted by Crippen LogP contribution is -2.54. The van der Waals surface area contributed by atoms with Gasteiger partial charge >= 0.3 is 12.0 Å². The first-order chi connectivity index (χ1) is 12.9. The second kappa shape index (κ2) is 7.38. The van der Waals surface area contributed by atoms with E-state index >= 15 is 0 Å². The Labute approximate surface area is 157 Å². The van der Waals surface area contributed by atoms with Crippen LogP contribution in [0.25, 0.3) is 0 Å². The number of rotatable bonds is 4. The number of imide groups is 1. The normalized spacial score (nSPS) is 24.7. The number of methoxy groups -OCH3 is 1. The van der Waals surface area contributed by atoms with E-state index in [4.69, 9.17) is 4.74 Å². The minimum atomic E-state index is -0.903. The maximum atomic E-state index is 12.9. The lowest BCUT2D eigenvalue weighted by Gasteiger charge is -2.36. The van der Waals surface area contributed by atoms with E-state index in [1.165, 1.54) is 13.2 Å². The molecule has 1 saturated carbocycles. The van der Waals surface area contributed by atoms with E-state index in [0.717, 1.165) is 24.2 Å². The van der Waals surface area contributed by atoms with Crippen molar-refractivity contribution in [2.45, 2.75) is 38.1 Å². The first-order valence-electron chi connectivity index (χ1n) is 9.00. The van der Waals surface area contributed by atoms with E-state index in [1.54, 1.807) is 18.2 Å². The van der Waals surface area contributed by atoms with Crippen LogP contribution in [0.4, 0.5) is 10.5 Å². The summed E-state index contributed by atoms with van der Waals surface area (Å²) in [5, 5.41) is 5.39. The van der Waals surface area contributed by atoms with Crippen LogP contribution in [0.2, 0.25) is 0 Å². The average molecular weight is 373 g/mol. The Morgan fingerprint density at radius 2 is 2.04 bits per heavy atom. The number of para-hydroxylation sites is 1. The van der Waals surface area contributed by atoms with Crippen molar-refractivity contribution in [3.05, 3.63) is 29.8 Å². The van der Waals surface area contributed by atoms with Gasteiger partial charge in [0.2, 0.25) is 5.91 Å². The molecule has 0 radical (unpaired) electrons. The van der Waals surface area contributed by atoms with Crippen LogP contribution in [0, 0.1) is 5.92 Å². The zero-order valence-corrected chi connectivity index (χ0v) is 15.4. The summed E-state index contributed by atoms with van der Waals surface area (Å²) in [6, 6.07) is 5.83.